The molecule has 1 amide bonds. The van der Waals surface area contributed by atoms with Gasteiger partial charge in [-0.05, 0) is 35.8 Å². The van der Waals surface area contributed by atoms with Gasteiger partial charge in [0.2, 0.25) is 5.95 Å². The highest BCUT2D eigenvalue weighted by Crippen LogP contribution is 2.23. The molecule has 2 heterocycles. The predicted octanol–water partition coefficient (Wildman–Crippen LogP) is 3.24. The van der Waals surface area contributed by atoms with E-state index in [0.29, 0.717) is 16.5 Å². The summed E-state index contributed by atoms with van der Waals surface area (Å²) in [7, 11) is 3.77. The number of aryl methyl sites for hydroxylation is 2. The maximum Gasteiger partial charge on any atom is 0.265 e. The first-order valence-electron chi connectivity index (χ1n) is 5.96. The maximum atomic E-state index is 12.2. The van der Waals surface area contributed by atoms with E-state index < -0.39 is 0 Å². The predicted molar refractivity (Wildman–Crippen MR) is 85.8 cm³/mol. The third-order valence-electron chi connectivity index (χ3n) is 2.69. The number of hydrogen-bond donors (Lipinski definition) is 1. The number of carbonyl (C=O) groups excluding carboxylic acids is 1. The van der Waals surface area contributed by atoms with Crippen LogP contribution in [0, 0.1) is 13.8 Å². The second-order valence-electron chi connectivity index (χ2n) is 4.55. The van der Waals surface area contributed by atoms with Gasteiger partial charge in [0.15, 0.2) is 0 Å². The minimum Gasteiger partial charge on any atom is -0.347 e. The summed E-state index contributed by atoms with van der Waals surface area (Å²) in [5, 5.41) is 4.76. The molecule has 0 radical (unpaired) electrons. The van der Waals surface area contributed by atoms with Crippen LogP contribution in [0.4, 0.5) is 11.6 Å². The molecule has 20 heavy (non-hydrogen) atoms. The van der Waals surface area contributed by atoms with Crippen LogP contribution in [0.5, 0.6) is 0 Å². The van der Waals surface area contributed by atoms with Crippen molar-refractivity contribution in [2.24, 2.45) is 0 Å². The Morgan fingerprint density at radius 1 is 1.30 bits per heavy atom. The lowest BCUT2D eigenvalue weighted by Crippen LogP contribution is -2.18. The Kier molecular flexibility index (Phi) is 4.39. The molecular formula is C13H15BrN4OS. The van der Waals surface area contributed by atoms with Gasteiger partial charge in [-0.25, -0.2) is 9.97 Å². The molecule has 0 spiro atoms. The first-order chi connectivity index (χ1) is 9.38. The monoisotopic (exact) mass is 354 g/mol. The highest BCUT2D eigenvalue weighted by molar-refractivity contribution is 9.10. The number of nitrogens with one attached hydrogen (secondary N) is 1. The third-order valence-corrected chi connectivity index (χ3v) is 4.38. The Morgan fingerprint density at radius 3 is 2.35 bits per heavy atom. The molecule has 0 bridgehead atoms. The Hall–Kier alpha value is -1.47. The molecule has 0 aliphatic rings. The summed E-state index contributed by atoms with van der Waals surface area (Å²) in [5.74, 6) is 0.491. The van der Waals surface area contributed by atoms with Gasteiger partial charge in [0, 0.05) is 23.9 Å². The minimum absolute atomic E-state index is 0.145. The smallest absolute Gasteiger partial charge is 0.265 e. The molecule has 0 aliphatic heterocycles. The van der Waals surface area contributed by atoms with Crippen LogP contribution in [-0.2, 0) is 0 Å². The number of aromatic nitrogens is 2. The van der Waals surface area contributed by atoms with Crippen LogP contribution in [0.1, 0.15) is 21.1 Å². The Morgan fingerprint density at radius 2 is 1.90 bits per heavy atom. The third kappa shape index (κ3) is 3.16. The highest BCUT2D eigenvalue weighted by Gasteiger charge is 2.14. The molecule has 2 aromatic heterocycles. The van der Waals surface area contributed by atoms with Crippen LogP contribution in [0.25, 0.3) is 0 Å². The quantitative estimate of drug-likeness (QED) is 0.918. The SMILES string of the molecule is Cc1nc(N(C)C)nc(C)c1NC(=O)c1cc(Br)cs1. The molecule has 0 aromatic carbocycles. The number of amides is 1. The van der Waals surface area contributed by atoms with E-state index in [4.69, 9.17) is 0 Å². The van der Waals surface area contributed by atoms with Crippen LogP contribution in [-0.4, -0.2) is 30.0 Å². The largest absolute Gasteiger partial charge is 0.347 e. The number of carbonyl (C=O) groups is 1. The average molecular weight is 355 g/mol. The lowest BCUT2D eigenvalue weighted by Gasteiger charge is -2.15. The molecule has 1 N–H and O–H groups in total. The van der Waals surface area contributed by atoms with Gasteiger partial charge in [-0.15, -0.1) is 11.3 Å². The molecule has 0 unspecified atom stereocenters. The molecule has 0 saturated carbocycles. The van der Waals surface area contributed by atoms with Crippen molar-refractivity contribution in [2.45, 2.75) is 13.8 Å². The van der Waals surface area contributed by atoms with E-state index in [-0.39, 0.29) is 5.91 Å². The zero-order chi connectivity index (χ0) is 14.9. The van der Waals surface area contributed by atoms with Crippen molar-refractivity contribution in [3.05, 3.63) is 32.2 Å². The van der Waals surface area contributed by atoms with E-state index in [9.17, 15) is 4.79 Å². The summed E-state index contributed by atoms with van der Waals surface area (Å²) in [5.41, 5.74) is 2.18. The molecule has 0 fully saturated rings. The molecule has 5 nitrogen and oxygen atoms in total. The van der Waals surface area contributed by atoms with Crippen molar-refractivity contribution >= 4 is 44.8 Å². The summed E-state index contributed by atoms with van der Waals surface area (Å²) < 4.78 is 0.903. The first-order valence-corrected chi connectivity index (χ1v) is 7.63. The number of nitrogens with zero attached hydrogens (tertiary/aromatic N) is 3. The van der Waals surface area contributed by atoms with E-state index in [2.05, 4.69) is 31.2 Å². The van der Waals surface area contributed by atoms with Crippen molar-refractivity contribution in [2.75, 3.05) is 24.3 Å². The Bertz CT molecular complexity index is 631. The normalized spacial score (nSPS) is 10.4. The lowest BCUT2D eigenvalue weighted by molar-refractivity contribution is 0.103. The van der Waals surface area contributed by atoms with Crippen LogP contribution in [0.3, 0.4) is 0 Å². The van der Waals surface area contributed by atoms with Gasteiger partial charge in [-0.1, -0.05) is 0 Å². The maximum absolute atomic E-state index is 12.2. The first kappa shape index (κ1) is 14.9. The fourth-order valence-corrected chi connectivity index (χ4v) is 3.01. The van der Waals surface area contributed by atoms with Crippen LogP contribution < -0.4 is 10.2 Å². The Balaban J connectivity index is 2.28. The second-order valence-corrected chi connectivity index (χ2v) is 6.37. The summed E-state index contributed by atoms with van der Waals surface area (Å²) >= 11 is 4.73. The summed E-state index contributed by atoms with van der Waals surface area (Å²) in [6.07, 6.45) is 0. The standard InChI is InChI=1S/C13H15BrN4OS/c1-7-11(8(2)16-13(15-7)18(3)4)17-12(19)10-5-9(14)6-20-10/h5-6H,1-4H3,(H,17,19). The van der Waals surface area contributed by atoms with E-state index in [1.54, 1.807) is 6.07 Å². The fraction of sp³-hybridized carbons (Fsp3) is 0.308. The zero-order valence-electron chi connectivity index (χ0n) is 11.7. The van der Waals surface area contributed by atoms with E-state index >= 15 is 0 Å². The highest BCUT2D eigenvalue weighted by atomic mass is 79.9. The Labute approximate surface area is 130 Å². The molecule has 0 atom stereocenters. The van der Waals surface area contributed by atoms with Gasteiger partial charge in [-0.2, -0.15) is 0 Å². The number of halogens is 1. The van der Waals surface area contributed by atoms with Gasteiger partial charge in [0.25, 0.3) is 5.91 Å². The van der Waals surface area contributed by atoms with E-state index in [0.717, 1.165) is 15.9 Å². The van der Waals surface area contributed by atoms with E-state index in [1.807, 2.05) is 38.2 Å². The van der Waals surface area contributed by atoms with Gasteiger partial charge < -0.3 is 10.2 Å². The summed E-state index contributed by atoms with van der Waals surface area (Å²) in [6, 6.07) is 1.79. The van der Waals surface area contributed by atoms with E-state index in [1.165, 1.54) is 11.3 Å². The molecule has 7 heteroatoms. The molecule has 106 valence electrons. The van der Waals surface area contributed by atoms with Crippen molar-refractivity contribution in [1.29, 1.82) is 0 Å². The lowest BCUT2D eigenvalue weighted by atomic mass is 10.2. The van der Waals surface area contributed by atoms with Crippen LogP contribution in [0.15, 0.2) is 15.9 Å². The van der Waals surface area contributed by atoms with Crippen molar-refractivity contribution in [3.63, 3.8) is 0 Å². The van der Waals surface area contributed by atoms with Crippen molar-refractivity contribution < 1.29 is 4.79 Å². The van der Waals surface area contributed by atoms with Crippen LogP contribution in [0.2, 0.25) is 0 Å². The number of thiophene rings is 1. The molecular weight excluding hydrogens is 340 g/mol. The summed E-state index contributed by atoms with van der Waals surface area (Å²) in [4.78, 5) is 23.4. The summed E-state index contributed by atoms with van der Waals surface area (Å²) in [6.45, 7) is 3.73. The minimum atomic E-state index is -0.145. The van der Waals surface area contributed by atoms with Gasteiger partial charge >= 0.3 is 0 Å². The van der Waals surface area contributed by atoms with Crippen molar-refractivity contribution in [3.8, 4) is 0 Å². The molecule has 0 aliphatic carbocycles. The van der Waals surface area contributed by atoms with Gasteiger partial charge in [0.1, 0.15) is 0 Å². The average Bonchev–Trinajstić information content (AvgIpc) is 2.80. The molecule has 2 rings (SSSR count). The molecule has 2 aromatic rings. The van der Waals surface area contributed by atoms with Gasteiger partial charge in [0.05, 0.1) is 22.0 Å². The molecule has 0 saturated heterocycles. The topological polar surface area (TPSA) is 58.1 Å². The number of anilines is 2. The van der Waals surface area contributed by atoms with Crippen molar-refractivity contribution in [1.82, 2.24) is 9.97 Å². The number of hydrogen-bond acceptors (Lipinski definition) is 5. The van der Waals surface area contributed by atoms with Crippen LogP contribution >= 0.6 is 27.3 Å². The fourth-order valence-electron chi connectivity index (χ4n) is 1.69. The second kappa shape index (κ2) is 5.88. The number of rotatable bonds is 3. The zero-order valence-corrected chi connectivity index (χ0v) is 14.1. The van der Waals surface area contributed by atoms with Gasteiger partial charge in [-0.3, -0.25) is 4.79 Å².